The average Bonchev–Trinajstić information content (AvgIpc) is 2.00. The van der Waals surface area contributed by atoms with Crippen molar-refractivity contribution in [3.8, 4) is 0 Å². The van der Waals surface area contributed by atoms with Crippen molar-refractivity contribution in [2.24, 2.45) is 5.92 Å². The average molecular weight is 212 g/mol. The SMILES string of the molecule is C/C(=C\CCC(C)(C)O)CCCC(C)C. The molecule has 0 aromatic carbocycles. The molecule has 90 valence electrons. The number of hydrogen-bond acceptors (Lipinski definition) is 1. The smallest absolute Gasteiger partial charge is 0.0594 e. The monoisotopic (exact) mass is 212 g/mol. The quantitative estimate of drug-likeness (QED) is 0.623. The highest BCUT2D eigenvalue weighted by Gasteiger charge is 2.10. The third-order valence-corrected chi connectivity index (χ3v) is 2.60. The van der Waals surface area contributed by atoms with Crippen molar-refractivity contribution in [1.82, 2.24) is 0 Å². The van der Waals surface area contributed by atoms with Gasteiger partial charge in [-0.3, -0.25) is 0 Å². The Hall–Kier alpha value is -0.300. The van der Waals surface area contributed by atoms with Crippen molar-refractivity contribution in [2.75, 3.05) is 0 Å². The van der Waals surface area contributed by atoms with Crippen molar-refractivity contribution in [3.63, 3.8) is 0 Å². The Morgan fingerprint density at radius 1 is 1.33 bits per heavy atom. The molecule has 0 aliphatic heterocycles. The highest BCUT2D eigenvalue weighted by Crippen LogP contribution is 2.15. The van der Waals surface area contributed by atoms with Crippen LogP contribution < -0.4 is 0 Å². The van der Waals surface area contributed by atoms with Gasteiger partial charge in [0.25, 0.3) is 0 Å². The normalized spacial score (nSPS) is 13.7. The summed E-state index contributed by atoms with van der Waals surface area (Å²) in [4.78, 5) is 0. The predicted molar refractivity (Wildman–Crippen MR) is 68.0 cm³/mol. The summed E-state index contributed by atoms with van der Waals surface area (Å²) in [5.41, 5.74) is 0.953. The van der Waals surface area contributed by atoms with E-state index in [-0.39, 0.29) is 0 Å². The summed E-state index contributed by atoms with van der Waals surface area (Å²) < 4.78 is 0. The van der Waals surface area contributed by atoms with E-state index in [4.69, 9.17) is 0 Å². The van der Waals surface area contributed by atoms with E-state index in [1.54, 1.807) is 0 Å². The van der Waals surface area contributed by atoms with Crippen LogP contribution in [-0.4, -0.2) is 10.7 Å². The van der Waals surface area contributed by atoms with Crippen LogP contribution in [0.4, 0.5) is 0 Å². The third kappa shape index (κ3) is 11.6. The summed E-state index contributed by atoms with van der Waals surface area (Å²) in [6.07, 6.45) is 7.95. The summed E-state index contributed by atoms with van der Waals surface area (Å²) >= 11 is 0. The summed E-state index contributed by atoms with van der Waals surface area (Å²) in [6, 6.07) is 0. The van der Waals surface area contributed by atoms with Crippen LogP contribution in [0.3, 0.4) is 0 Å². The molecule has 1 nitrogen and oxygen atoms in total. The molecule has 0 unspecified atom stereocenters. The van der Waals surface area contributed by atoms with E-state index in [1.165, 1.54) is 24.8 Å². The van der Waals surface area contributed by atoms with Crippen molar-refractivity contribution < 1.29 is 5.11 Å². The van der Waals surface area contributed by atoms with Crippen LogP contribution in [-0.2, 0) is 0 Å². The van der Waals surface area contributed by atoms with E-state index in [0.29, 0.717) is 0 Å². The zero-order valence-corrected chi connectivity index (χ0v) is 11.1. The van der Waals surface area contributed by atoms with Crippen LogP contribution in [0.15, 0.2) is 11.6 Å². The molecule has 0 aliphatic rings. The number of aliphatic hydroxyl groups is 1. The van der Waals surface area contributed by atoms with E-state index < -0.39 is 5.60 Å². The molecule has 15 heavy (non-hydrogen) atoms. The van der Waals surface area contributed by atoms with Gasteiger partial charge in [0.1, 0.15) is 0 Å². The van der Waals surface area contributed by atoms with E-state index >= 15 is 0 Å². The van der Waals surface area contributed by atoms with Gasteiger partial charge < -0.3 is 5.11 Å². The summed E-state index contributed by atoms with van der Waals surface area (Å²) in [5, 5.41) is 9.55. The van der Waals surface area contributed by atoms with Gasteiger partial charge in [0.05, 0.1) is 5.60 Å². The molecule has 0 aromatic heterocycles. The van der Waals surface area contributed by atoms with Crippen LogP contribution in [0.1, 0.15) is 66.7 Å². The zero-order valence-electron chi connectivity index (χ0n) is 11.1. The van der Waals surface area contributed by atoms with Gasteiger partial charge in [0, 0.05) is 0 Å². The molecular weight excluding hydrogens is 184 g/mol. The Kier molecular flexibility index (Phi) is 6.91. The lowest BCUT2D eigenvalue weighted by Crippen LogP contribution is -2.17. The maximum absolute atomic E-state index is 9.55. The first-order chi connectivity index (χ1) is 6.81. The van der Waals surface area contributed by atoms with Crippen molar-refractivity contribution in [3.05, 3.63) is 11.6 Å². The van der Waals surface area contributed by atoms with E-state index in [1.807, 2.05) is 13.8 Å². The topological polar surface area (TPSA) is 20.2 Å². The first kappa shape index (κ1) is 14.7. The van der Waals surface area contributed by atoms with E-state index in [0.717, 1.165) is 18.8 Å². The second-order valence-electron chi connectivity index (χ2n) is 5.69. The lowest BCUT2D eigenvalue weighted by molar-refractivity contribution is 0.0721. The molecule has 0 atom stereocenters. The summed E-state index contributed by atoms with van der Waals surface area (Å²) in [5.74, 6) is 0.814. The minimum atomic E-state index is -0.519. The van der Waals surface area contributed by atoms with Crippen LogP contribution in [0.25, 0.3) is 0 Å². The third-order valence-electron chi connectivity index (χ3n) is 2.60. The second kappa shape index (κ2) is 7.05. The Balaban J connectivity index is 3.61. The Bertz CT molecular complexity index is 184. The minimum Gasteiger partial charge on any atom is -0.390 e. The minimum absolute atomic E-state index is 0.519. The largest absolute Gasteiger partial charge is 0.390 e. The molecule has 1 heteroatoms. The maximum atomic E-state index is 9.55. The first-order valence-electron chi connectivity index (χ1n) is 6.19. The molecule has 0 amide bonds. The Labute approximate surface area is 95.6 Å². The van der Waals surface area contributed by atoms with Crippen LogP contribution >= 0.6 is 0 Å². The zero-order chi connectivity index (χ0) is 11.9. The fraction of sp³-hybridized carbons (Fsp3) is 0.857. The molecule has 0 heterocycles. The lowest BCUT2D eigenvalue weighted by Gasteiger charge is -2.15. The van der Waals surface area contributed by atoms with Crippen molar-refractivity contribution in [1.29, 1.82) is 0 Å². The molecule has 0 aliphatic carbocycles. The molecular formula is C14H28O. The lowest BCUT2D eigenvalue weighted by atomic mass is 9.99. The maximum Gasteiger partial charge on any atom is 0.0594 e. The van der Waals surface area contributed by atoms with Crippen LogP contribution in [0, 0.1) is 5.92 Å². The van der Waals surface area contributed by atoms with E-state index in [2.05, 4.69) is 26.8 Å². The molecule has 0 bridgehead atoms. The molecule has 0 saturated carbocycles. The predicted octanol–water partition coefficient (Wildman–Crippen LogP) is 4.31. The number of rotatable bonds is 7. The highest BCUT2D eigenvalue weighted by molar-refractivity contribution is 4.98. The standard InChI is InChI=1S/C14H28O/c1-12(2)8-6-9-13(3)10-7-11-14(4,5)15/h10,12,15H,6-9,11H2,1-5H3/b13-10+. The molecule has 0 saturated heterocycles. The van der Waals surface area contributed by atoms with Gasteiger partial charge >= 0.3 is 0 Å². The first-order valence-corrected chi connectivity index (χ1v) is 6.19. The highest BCUT2D eigenvalue weighted by atomic mass is 16.3. The van der Waals surface area contributed by atoms with Crippen molar-refractivity contribution >= 4 is 0 Å². The van der Waals surface area contributed by atoms with Crippen LogP contribution in [0.2, 0.25) is 0 Å². The molecule has 0 fully saturated rings. The van der Waals surface area contributed by atoms with Gasteiger partial charge in [0.15, 0.2) is 0 Å². The summed E-state index contributed by atoms with van der Waals surface area (Å²) in [7, 11) is 0. The molecule has 0 radical (unpaired) electrons. The molecule has 0 spiro atoms. The van der Waals surface area contributed by atoms with Gasteiger partial charge in [0.2, 0.25) is 0 Å². The van der Waals surface area contributed by atoms with Gasteiger partial charge in [-0.25, -0.2) is 0 Å². The fourth-order valence-electron chi connectivity index (χ4n) is 1.56. The molecule has 0 rings (SSSR count). The van der Waals surface area contributed by atoms with Crippen molar-refractivity contribution in [2.45, 2.75) is 72.3 Å². The van der Waals surface area contributed by atoms with Crippen LogP contribution in [0.5, 0.6) is 0 Å². The van der Waals surface area contributed by atoms with Gasteiger partial charge in [-0.2, -0.15) is 0 Å². The van der Waals surface area contributed by atoms with Gasteiger partial charge in [-0.05, 0) is 52.4 Å². The van der Waals surface area contributed by atoms with Gasteiger partial charge in [-0.15, -0.1) is 0 Å². The van der Waals surface area contributed by atoms with Gasteiger partial charge in [-0.1, -0.05) is 31.9 Å². The Morgan fingerprint density at radius 2 is 1.93 bits per heavy atom. The molecule has 0 aromatic rings. The summed E-state index contributed by atoms with van der Waals surface area (Å²) in [6.45, 7) is 10.5. The Morgan fingerprint density at radius 3 is 2.40 bits per heavy atom. The second-order valence-corrected chi connectivity index (χ2v) is 5.69. The number of hydrogen-bond donors (Lipinski definition) is 1. The number of allylic oxidation sites excluding steroid dienone is 2. The molecule has 1 N–H and O–H groups in total. The fourth-order valence-corrected chi connectivity index (χ4v) is 1.56. The van der Waals surface area contributed by atoms with E-state index in [9.17, 15) is 5.11 Å².